The van der Waals surface area contributed by atoms with E-state index in [4.69, 9.17) is 15.5 Å². The molecule has 5 rings (SSSR count). The Hall–Kier alpha value is -3.34. The zero-order valence-electron chi connectivity index (χ0n) is 19.6. The maximum Gasteiger partial charge on any atom is 0.224 e. The SMILES string of the molecule is Cc1ccc(Nc2nc3cnc(NC4CCOCC4)nc3n2[C@H]2CC[C@@H](C(N)=O)CC2)c(F)c1F. The number of halogens is 2. The molecule has 1 aliphatic carbocycles. The predicted octanol–water partition coefficient (Wildman–Crippen LogP) is 3.96. The van der Waals surface area contributed by atoms with E-state index in [9.17, 15) is 13.6 Å². The van der Waals surface area contributed by atoms with Crippen molar-refractivity contribution < 1.29 is 18.3 Å². The molecule has 1 aliphatic heterocycles. The van der Waals surface area contributed by atoms with Gasteiger partial charge in [-0.1, -0.05) is 6.07 Å². The molecular formula is C24H29F2N7O2. The van der Waals surface area contributed by atoms with Crippen LogP contribution in [0.25, 0.3) is 11.2 Å². The van der Waals surface area contributed by atoms with Crippen molar-refractivity contribution in [3.63, 3.8) is 0 Å². The van der Waals surface area contributed by atoms with Gasteiger partial charge in [-0.3, -0.25) is 9.36 Å². The van der Waals surface area contributed by atoms with E-state index in [0.717, 1.165) is 12.8 Å². The molecular weight excluding hydrogens is 456 g/mol. The molecule has 2 aromatic heterocycles. The molecule has 0 radical (unpaired) electrons. The number of carbonyl (C=O) groups is 1. The lowest BCUT2D eigenvalue weighted by Gasteiger charge is -2.29. The Balaban J connectivity index is 1.51. The van der Waals surface area contributed by atoms with Gasteiger partial charge < -0.3 is 21.1 Å². The summed E-state index contributed by atoms with van der Waals surface area (Å²) in [4.78, 5) is 25.5. The third kappa shape index (κ3) is 4.77. The first-order valence-corrected chi connectivity index (χ1v) is 12.0. The summed E-state index contributed by atoms with van der Waals surface area (Å²) >= 11 is 0. The Morgan fingerprint density at radius 2 is 1.83 bits per heavy atom. The number of nitrogens with zero attached hydrogens (tertiary/aromatic N) is 4. The Kier molecular flexibility index (Phi) is 6.50. The topological polar surface area (TPSA) is 120 Å². The summed E-state index contributed by atoms with van der Waals surface area (Å²) in [6.45, 7) is 2.89. The number of hydrogen-bond donors (Lipinski definition) is 3. The van der Waals surface area contributed by atoms with Crippen LogP contribution in [0.2, 0.25) is 0 Å². The molecule has 186 valence electrons. The number of fused-ring (bicyclic) bond motifs is 1. The number of primary amides is 1. The number of rotatable bonds is 6. The van der Waals surface area contributed by atoms with Crippen LogP contribution in [0.3, 0.4) is 0 Å². The standard InChI is InChI=1S/C24H29F2N7O2/c1-13-2-7-17(20(26)19(13)25)30-24-31-18-12-28-23(29-15-8-10-35-11-9-15)32-22(18)33(24)16-5-3-14(4-6-16)21(27)34/h2,7,12,14-16H,3-6,8-11H2,1H3,(H2,27,34)(H,30,31)(H,28,29,32)/t14-,16+. The maximum absolute atomic E-state index is 14.7. The number of imidazole rings is 1. The number of carbonyl (C=O) groups excluding carboxylic acids is 1. The van der Waals surface area contributed by atoms with Gasteiger partial charge in [0.15, 0.2) is 17.3 Å². The number of anilines is 3. The van der Waals surface area contributed by atoms with E-state index in [1.54, 1.807) is 6.20 Å². The molecule has 2 aliphatic rings. The smallest absolute Gasteiger partial charge is 0.224 e. The van der Waals surface area contributed by atoms with Crippen LogP contribution in [0.15, 0.2) is 18.3 Å². The Morgan fingerprint density at radius 1 is 1.09 bits per heavy atom. The van der Waals surface area contributed by atoms with Crippen molar-refractivity contribution in [2.45, 2.75) is 57.5 Å². The van der Waals surface area contributed by atoms with Crippen LogP contribution in [0, 0.1) is 24.5 Å². The lowest BCUT2D eigenvalue weighted by Crippen LogP contribution is -2.29. The average molecular weight is 486 g/mol. The van der Waals surface area contributed by atoms with Crippen molar-refractivity contribution in [3.8, 4) is 0 Å². The minimum atomic E-state index is -0.964. The summed E-state index contributed by atoms with van der Waals surface area (Å²) in [6, 6.07) is 3.18. The third-order valence-corrected chi connectivity index (χ3v) is 6.97. The summed E-state index contributed by atoms with van der Waals surface area (Å²) < 4.78 is 36.2. The minimum absolute atomic E-state index is 0.0102. The quantitative estimate of drug-likeness (QED) is 0.483. The highest BCUT2D eigenvalue weighted by Crippen LogP contribution is 2.37. The number of aryl methyl sites for hydroxylation is 1. The van der Waals surface area contributed by atoms with Gasteiger partial charge in [-0.2, -0.15) is 4.98 Å². The second kappa shape index (κ2) is 9.73. The fourth-order valence-electron chi connectivity index (χ4n) is 4.90. The number of amides is 1. The van der Waals surface area contributed by atoms with Gasteiger partial charge in [0.25, 0.3) is 0 Å². The Bertz CT molecular complexity index is 1230. The molecule has 0 bridgehead atoms. The first kappa shape index (κ1) is 23.4. The highest BCUT2D eigenvalue weighted by molar-refractivity contribution is 5.78. The fourth-order valence-corrected chi connectivity index (χ4v) is 4.90. The zero-order valence-corrected chi connectivity index (χ0v) is 19.6. The molecule has 0 unspecified atom stereocenters. The second-order valence-electron chi connectivity index (χ2n) is 9.33. The molecule has 35 heavy (non-hydrogen) atoms. The normalized spacial score (nSPS) is 21.2. The van der Waals surface area contributed by atoms with Gasteiger partial charge in [0, 0.05) is 31.2 Å². The number of ether oxygens (including phenoxy) is 1. The third-order valence-electron chi connectivity index (χ3n) is 6.97. The lowest BCUT2D eigenvalue weighted by atomic mass is 9.85. The van der Waals surface area contributed by atoms with Gasteiger partial charge in [0.1, 0.15) is 5.52 Å². The van der Waals surface area contributed by atoms with Crippen molar-refractivity contribution >= 4 is 34.7 Å². The van der Waals surface area contributed by atoms with Crippen molar-refractivity contribution in [1.29, 1.82) is 0 Å². The second-order valence-corrected chi connectivity index (χ2v) is 9.33. The first-order chi connectivity index (χ1) is 16.9. The van der Waals surface area contributed by atoms with Crippen LogP contribution in [0.5, 0.6) is 0 Å². The van der Waals surface area contributed by atoms with E-state index in [0.29, 0.717) is 62.0 Å². The predicted molar refractivity (Wildman–Crippen MR) is 127 cm³/mol. The van der Waals surface area contributed by atoms with E-state index in [-0.39, 0.29) is 35.2 Å². The summed E-state index contributed by atoms with van der Waals surface area (Å²) in [6.07, 6.45) is 6.02. The molecule has 2 fully saturated rings. The van der Waals surface area contributed by atoms with Gasteiger partial charge in [0.05, 0.1) is 11.9 Å². The maximum atomic E-state index is 14.7. The summed E-state index contributed by atoms with van der Waals surface area (Å²) in [5, 5.41) is 6.34. The summed E-state index contributed by atoms with van der Waals surface area (Å²) in [5.41, 5.74) is 6.86. The Morgan fingerprint density at radius 3 is 2.54 bits per heavy atom. The average Bonchev–Trinajstić information content (AvgIpc) is 3.22. The molecule has 3 aromatic rings. The molecule has 0 spiro atoms. The van der Waals surface area contributed by atoms with Crippen LogP contribution in [-0.4, -0.2) is 44.7 Å². The molecule has 9 nitrogen and oxygen atoms in total. The summed E-state index contributed by atoms with van der Waals surface area (Å²) in [7, 11) is 0. The highest BCUT2D eigenvalue weighted by Gasteiger charge is 2.29. The van der Waals surface area contributed by atoms with Crippen molar-refractivity contribution in [2.24, 2.45) is 11.7 Å². The van der Waals surface area contributed by atoms with E-state index in [1.165, 1.54) is 19.1 Å². The number of benzene rings is 1. The number of nitrogens with two attached hydrogens (primary N) is 1. The number of hydrogen-bond acceptors (Lipinski definition) is 7. The van der Waals surface area contributed by atoms with Crippen molar-refractivity contribution in [3.05, 3.63) is 35.5 Å². The van der Waals surface area contributed by atoms with Gasteiger partial charge in [-0.05, 0) is 57.1 Å². The summed E-state index contributed by atoms with van der Waals surface area (Å²) in [5.74, 6) is -1.49. The van der Waals surface area contributed by atoms with Crippen LogP contribution in [0.1, 0.15) is 50.1 Å². The molecule has 1 aromatic carbocycles. The molecule has 1 saturated heterocycles. The van der Waals surface area contributed by atoms with Crippen LogP contribution in [0.4, 0.5) is 26.4 Å². The molecule has 1 amide bonds. The molecule has 4 N–H and O–H groups in total. The zero-order chi connectivity index (χ0) is 24.5. The van der Waals surface area contributed by atoms with Crippen LogP contribution in [-0.2, 0) is 9.53 Å². The van der Waals surface area contributed by atoms with Gasteiger partial charge >= 0.3 is 0 Å². The molecule has 1 saturated carbocycles. The van der Waals surface area contributed by atoms with Gasteiger partial charge in [-0.15, -0.1) is 0 Å². The fraction of sp³-hybridized carbons (Fsp3) is 0.500. The molecule has 11 heteroatoms. The Labute approximate surface area is 201 Å². The van der Waals surface area contributed by atoms with Gasteiger partial charge in [0.2, 0.25) is 17.8 Å². The van der Waals surface area contributed by atoms with E-state index in [1.807, 2.05) is 4.57 Å². The number of nitrogens with one attached hydrogen (secondary N) is 2. The van der Waals surface area contributed by atoms with E-state index < -0.39 is 11.6 Å². The number of aromatic nitrogens is 4. The molecule has 3 heterocycles. The van der Waals surface area contributed by atoms with E-state index >= 15 is 0 Å². The monoisotopic (exact) mass is 485 g/mol. The van der Waals surface area contributed by atoms with Crippen molar-refractivity contribution in [2.75, 3.05) is 23.8 Å². The largest absolute Gasteiger partial charge is 0.381 e. The van der Waals surface area contributed by atoms with Gasteiger partial charge in [-0.25, -0.2) is 18.7 Å². The van der Waals surface area contributed by atoms with Crippen molar-refractivity contribution in [1.82, 2.24) is 19.5 Å². The minimum Gasteiger partial charge on any atom is -0.381 e. The molecule has 0 atom stereocenters. The van der Waals surface area contributed by atoms with Crippen LogP contribution < -0.4 is 16.4 Å². The lowest BCUT2D eigenvalue weighted by molar-refractivity contribution is -0.122. The highest BCUT2D eigenvalue weighted by atomic mass is 19.2. The van der Waals surface area contributed by atoms with Crippen LogP contribution >= 0.6 is 0 Å². The first-order valence-electron chi connectivity index (χ1n) is 12.0. The van der Waals surface area contributed by atoms with E-state index in [2.05, 4.69) is 20.6 Å².